The molecule has 0 saturated carbocycles. The first-order valence-corrected chi connectivity index (χ1v) is 9.63. The van der Waals surface area contributed by atoms with Crippen molar-refractivity contribution in [1.29, 1.82) is 0 Å². The molecule has 1 aliphatic heterocycles. The summed E-state index contributed by atoms with van der Waals surface area (Å²) in [5, 5.41) is 6.37. The van der Waals surface area contributed by atoms with E-state index in [2.05, 4.69) is 15.5 Å². The van der Waals surface area contributed by atoms with Gasteiger partial charge in [-0.3, -0.25) is 9.69 Å². The van der Waals surface area contributed by atoms with Crippen LogP contribution in [0, 0.1) is 0 Å². The SMILES string of the molecule is CCOc1cc(-c2ccccc2)sc1C(=O)NCCN1CCNCC1. The quantitative estimate of drug-likeness (QED) is 0.797. The second-order valence-corrected chi connectivity index (χ2v) is 7.00. The summed E-state index contributed by atoms with van der Waals surface area (Å²) in [5.41, 5.74) is 1.10. The highest BCUT2D eigenvalue weighted by atomic mass is 32.1. The number of nitrogens with zero attached hydrogens (tertiary/aromatic N) is 1. The van der Waals surface area contributed by atoms with Crippen LogP contribution in [-0.4, -0.2) is 56.7 Å². The van der Waals surface area contributed by atoms with E-state index in [4.69, 9.17) is 4.74 Å². The lowest BCUT2D eigenvalue weighted by Gasteiger charge is -2.27. The Balaban J connectivity index is 1.65. The monoisotopic (exact) mass is 359 g/mol. The van der Waals surface area contributed by atoms with Crippen LogP contribution in [0.4, 0.5) is 0 Å². The van der Waals surface area contributed by atoms with Crippen molar-refractivity contribution in [3.8, 4) is 16.2 Å². The normalized spacial score (nSPS) is 15.1. The number of thiophene rings is 1. The predicted molar refractivity (Wildman–Crippen MR) is 103 cm³/mol. The van der Waals surface area contributed by atoms with Gasteiger partial charge in [-0.2, -0.15) is 0 Å². The fourth-order valence-corrected chi connectivity index (χ4v) is 3.91. The first kappa shape index (κ1) is 17.9. The third kappa shape index (κ3) is 4.81. The molecule has 2 heterocycles. The Morgan fingerprint density at radius 3 is 2.76 bits per heavy atom. The molecule has 3 rings (SSSR count). The van der Waals surface area contributed by atoms with Crippen molar-refractivity contribution in [1.82, 2.24) is 15.5 Å². The van der Waals surface area contributed by atoms with Gasteiger partial charge in [0.1, 0.15) is 10.6 Å². The van der Waals surface area contributed by atoms with E-state index in [0.29, 0.717) is 23.8 Å². The highest BCUT2D eigenvalue weighted by molar-refractivity contribution is 7.17. The zero-order chi connectivity index (χ0) is 17.5. The molecule has 6 heteroatoms. The first-order chi connectivity index (χ1) is 12.3. The summed E-state index contributed by atoms with van der Waals surface area (Å²) < 4.78 is 5.69. The number of carbonyl (C=O) groups is 1. The van der Waals surface area contributed by atoms with Gasteiger partial charge in [-0.25, -0.2) is 0 Å². The minimum absolute atomic E-state index is 0.0502. The van der Waals surface area contributed by atoms with Crippen molar-refractivity contribution in [3.63, 3.8) is 0 Å². The molecule has 1 fully saturated rings. The zero-order valence-corrected chi connectivity index (χ0v) is 15.4. The number of nitrogens with one attached hydrogen (secondary N) is 2. The Morgan fingerprint density at radius 2 is 2.04 bits per heavy atom. The molecule has 0 spiro atoms. The maximum Gasteiger partial charge on any atom is 0.265 e. The Morgan fingerprint density at radius 1 is 1.28 bits per heavy atom. The number of rotatable bonds is 7. The molecule has 134 valence electrons. The van der Waals surface area contributed by atoms with Gasteiger partial charge < -0.3 is 15.4 Å². The lowest BCUT2D eigenvalue weighted by Crippen LogP contribution is -2.46. The molecule has 1 aromatic heterocycles. The van der Waals surface area contributed by atoms with Crippen molar-refractivity contribution in [2.75, 3.05) is 45.9 Å². The van der Waals surface area contributed by atoms with Crippen LogP contribution in [-0.2, 0) is 0 Å². The smallest absolute Gasteiger partial charge is 0.265 e. The molecule has 1 aromatic carbocycles. The van der Waals surface area contributed by atoms with Crippen molar-refractivity contribution in [2.24, 2.45) is 0 Å². The second kappa shape index (κ2) is 8.99. The van der Waals surface area contributed by atoms with Gasteiger partial charge in [0.25, 0.3) is 5.91 Å². The molecular weight excluding hydrogens is 334 g/mol. The highest BCUT2D eigenvalue weighted by Crippen LogP contribution is 2.36. The summed E-state index contributed by atoms with van der Waals surface area (Å²) in [7, 11) is 0. The fourth-order valence-electron chi connectivity index (χ4n) is 2.88. The molecular formula is C19H25N3O2S. The molecule has 1 amide bonds. The van der Waals surface area contributed by atoms with Crippen molar-refractivity contribution >= 4 is 17.2 Å². The third-order valence-electron chi connectivity index (χ3n) is 4.19. The van der Waals surface area contributed by atoms with Crippen LogP contribution in [0.5, 0.6) is 5.75 Å². The van der Waals surface area contributed by atoms with E-state index in [1.165, 1.54) is 11.3 Å². The van der Waals surface area contributed by atoms with Crippen molar-refractivity contribution < 1.29 is 9.53 Å². The Hall–Kier alpha value is -1.89. The van der Waals surface area contributed by atoms with Crippen LogP contribution < -0.4 is 15.4 Å². The number of piperazine rings is 1. The number of carbonyl (C=O) groups excluding carboxylic acids is 1. The summed E-state index contributed by atoms with van der Waals surface area (Å²) in [6.45, 7) is 8.14. The average molecular weight is 359 g/mol. The number of hydrogen-bond acceptors (Lipinski definition) is 5. The van der Waals surface area contributed by atoms with Crippen LogP contribution in [0.3, 0.4) is 0 Å². The number of ether oxygens (including phenoxy) is 1. The van der Waals surface area contributed by atoms with Gasteiger partial charge in [0.2, 0.25) is 0 Å². The molecule has 1 saturated heterocycles. The third-order valence-corrected chi connectivity index (χ3v) is 5.35. The van der Waals surface area contributed by atoms with Gasteiger partial charge in [0.05, 0.1) is 6.61 Å². The molecule has 2 N–H and O–H groups in total. The topological polar surface area (TPSA) is 53.6 Å². The average Bonchev–Trinajstić information content (AvgIpc) is 3.08. The molecule has 2 aromatic rings. The van der Waals surface area contributed by atoms with Gasteiger partial charge in [-0.05, 0) is 18.6 Å². The summed E-state index contributed by atoms with van der Waals surface area (Å²) in [6.07, 6.45) is 0. The van der Waals surface area contributed by atoms with E-state index in [-0.39, 0.29) is 5.91 Å². The Bertz CT molecular complexity index is 681. The molecule has 25 heavy (non-hydrogen) atoms. The zero-order valence-electron chi connectivity index (χ0n) is 14.6. The fraction of sp³-hybridized carbons (Fsp3) is 0.421. The molecule has 1 aliphatic rings. The van der Waals surface area contributed by atoms with Gasteiger partial charge in [-0.1, -0.05) is 30.3 Å². The maximum atomic E-state index is 12.6. The summed E-state index contributed by atoms with van der Waals surface area (Å²) in [4.78, 5) is 16.7. The van der Waals surface area contributed by atoms with E-state index in [1.54, 1.807) is 0 Å². The van der Waals surface area contributed by atoms with Crippen LogP contribution in [0.15, 0.2) is 36.4 Å². The second-order valence-electron chi connectivity index (χ2n) is 5.95. The molecule has 0 radical (unpaired) electrons. The van der Waals surface area contributed by atoms with Gasteiger partial charge >= 0.3 is 0 Å². The lowest BCUT2D eigenvalue weighted by atomic mass is 10.2. The van der Waals surface area contributed by atoms with E-state index in [9.17, 15) is 4.79 Å². The number of amides is 1. The van der Waals surface area contributed by atoms with Gasteiger partial charge in [-0.15, -0.1) is 11.3 Å². The highest BCUT2D eigenvalue weighted by Gasteiger charge is 2.18. The molecule has 0 bridgehead atoms. The molecule has 0 atom stereocenters. The van der Waals surface area contributed by atoms with Crippen LogP contribution in [0.2, 0.25) is 0 Å². The van der Waals surface area contributed by atoms with Crippen LogP contribution in [0.1, 0.15) is 16.6 Å². The number of benzene rings is 1. The minimum atomic E-state index is -0.0502. The van der Waals surface area contributed by atoms with Gasteiger partial charge in [0, 0.05) is 44.1 Å². The first-order valence-electron chi connectivity index (χ1n) is 8.81. The Labute approximate surface area is 153 Å². The molecule has 5 nitrogen and oxygen atoms in total. The molecule has 0 unspecified atom stereocenters. The number of hydrogen-bond donors (Lipinski definition) is 2. The van der Waals surface area contributed by atoms with Crippen molar-refractivity contribution in [3.05, 3.63) is 41.3 Å². The molecule has 0 aliphatic carbocycles. The standard InChI is InChI=1S/C19H25N3O2S/c1-2-24-16-14-17(15-6-4-3-5-7-15)25-18(16)19(23)21-10-13-22-11-8-20-9-12-22/h3-7,14,20H,2,8-13H2,1H3,(H,21,23). The largest absolute Gasteiger partial charge is 0.492 e. The van der Waals surface area contributed by atoms with E-state index >= 15 is 0 Å². The van der Waals surface area contributed by atoms with E-state index < -0.39 is 0 Å². The maximum absolute atomic E-state index is 12.6. The summed E-state index contributed by atoms with van der Waals surface area (Å²) in [5.74, 6) is 0.622. The lowest BCUT2D eigenvalue weighted by molar-refractivity contribution is 0.0948. The Kier molecular flexibility index (Phi) is 6.44. The minimum Gasteiger partial charge on any atom is -0.492 e. The summed E-state index contributed by atoms with van der Waals surface area (Å²) in [6, 6.07) is 12.1. The van der Waals surface area contributed by atoms with Gasteiger partial charge in [0.15, 0.2) is 0 Å². The van der Waals surface area contributed by atoms with E-state index in [0.717, 1.165) is 43.2 Å². The summed E-state index contributed by atoms with van der Waals surface area (Å²) >= 11 is 1.49. The van der Waals surface area contributed by atoms with Crippen LogP contribution in [0.25, 0.3) is 10.4 Å². The van der Waals surface area contributed by atoms with E-state index in [1.807, 2.05) is 43.3 Å². The van der Waals surface area contributed by atoms with Crippen LogP contribution >= 0.6 is 11.3 Å². The van der Waals surface area contributed by atoms with Crippen molar-refractivity contribution in [2.45, 2.75) is 6.92 Å². The predicted octanol–water partition coefficient (Wildman–Crippen LogP) is 2.45.